The summed E-state index contributed by atoms with van der Waals surface area (Å²) >= 11 is 5.93. The van der Waals surface area contributed by atoms with Gasteiger partial charge in [-0.1, -0.05) is 23.7 Å². The molecule has 1 amide bonds. The van der Waals surface area contributed by atoms with E-state index in [1.807, 2.05) is 12.1 Å². The highest BCUT2D eigenvalue weighted by Crippen LogP contribution is 2.22. The van der Waals surface area contributed by atoms with Crippen LogP contribution in [0.15, 0.2) is 24.3 Å². The van der Waals surface area contributed by atoms with Gasteiger partial charge in [-0.15, -0.1) is 0 Å². The second kappa shape index (κ2) is 8.77. The Kier molecular flexibility index (Phi) is 7.30. The van der Waals surface area contributed by atoms with Gasteiger partial charge < -0.3 is 14.7 Å². The van der Waals surface area contributed by atoms with E-state index in [-0.39, 0.29) is 19.1 Å². The van der Waals surface area contributed by atoms with Gasteiger partial charge in [-0.25, -0.2) is 0 Å². The van der Waals surface area contributed by atoms with Crippen LogP contribution in [0.1, 0.15) is 19.3 Å². The van der Waals surface area contributed by atoms with Gasteiger partial charge in [0.1, 0.15) is 5.75 Å². The van der Waals surface area contributed by atoms with Crippen LogP contribution in [0.25, 0.3) is 0 Å². The first-order valence-corrected chi connectivity index (χ1v) is 6.75. The molecular weight excluding hydrogens is 266 g/mol. The molecule has 1 aromatic rings. The summed E-state index contributed by atoms with van der Waals surface area (Å²) in [5, 5.41) is 9.16. The molecule has 0 fully saturated rings. The molecule has 0 aliphatic carbocycles. The van der Waals surface area contributed by atoms with Gasteiger partial charge in [0.05, 0.1) is 5.02 Å². The average Bonchev–Trinajstić information content (AvgIpc) is 2.42. The maximum absolute atomic E-state index is 11.8. The van der Waals surface area contributed by atoms with Crippen molar-refractivity contribution in [1.82, 2.24) is 4.90 Å². The smallest absolute Gasteiger partial charge is 0.260 e. The zero-order valence-electron chi connectivity index (χ0n) is 11.1. The highest BCUT2D eigenvalue weighted by atomic mass is 35.5. The molecule has 0 atom stereocenters. The maximum Gasteiger partial charge on any atom is 0.260 e. The van der Waals surface area contributed by atoms with Gasteiger partial charge >= 0.3 is 0 Å². The van der Waals surface area contributed by atoms with E-state index in [4.69, 9.17) is 21.4 Å². The average molecular weight is 286 g/mol. The van der Waals surface area contributed by atoms with E-state index < -0.39 is 0 Å². The fourth-order valence-corrected chi connectivity index (χ4v) is 1.76. The lowest BCUT2D eigenvalue weighted by molar-refractivity contribution is -0.132. The molecule has 0 spiro atoms. The Morgan fingerprint density at radius 2 is 2.05 bits per heavy atom. The molecular formula is C14H20ClNO3. The van der Waals surface area contributed by atoms with Crippen LogP contribution >= 0.6 is 11.6 Å². The van der Waals surface area contributed by atoms with Crippen molar-refractivity contribution >= 4 is 17.5 Å². The van der Waals surface area contributed by atoms with E-state index in [1.165, 1.54) is 0 Å². The molecule has 0 radical (unpaired) electrons. The number of aliphatic hydroxyl groups is 1. The van der Waals surface area contributed by atoms with E-state index in [2.05, 4.69) is 0 Å². The number of unbranched alkanes of at least 4 members (excludes halogenated alkanes) is 2. The van der Waals surface area contributed by atoms with Gasteiger partial charge in [-0.3, -0.25) is 4.79 Å². The lowest BCUT2D eigenvalue weighted by Crippen LogP contribution is -2.32. The van der Waals surface area contributed by atoms with Crippen LogP contribution in [0.4, 0.5) is 0 Å². The van der Waals surface area contributed by atoms with Crippen molar-refractivity contribution in [2.75, 3.05) is 26.8 Å². The van der Waals surface area contributed by atoms with Gasteiger partial charge in [0.25, 0.3) is 5.91 Å². The van der Waals surface area contributed by atoms with Crippen LogP contribution < -0.4 is 4.74 Å². The van der Waals surface area contributed by atoms with Crippen molar-refractivity contribution in [3.8, 4) is 5.75 Å². The summed E-state index contributed by atoms with van der Waals surface area (Å²) in [4.78, 5) is 13.4. The molecule has 19 heavy (non-hydrogen) atoms. The van der Waals surface area contributed by atoms with Crippen molar-refractivity contribution in [3.05, 3.63) is 29.3 Å². The predicted molar refractivity (Wildman–Crippen MR) is 75.5 cm³/mol. The number of rotatable bonds is 8. The van der Waals surface area contributed by atoms with E-state index >= 15 is 0 Å². The maximum atomic E-state index is 11.8. The lowest BCUT2D eigenvalue weighted by atomic mass is 10.2. The third-order valence-electron chi connectivity index (χ3n) is 2.77. The molecule has 0 aliphatic rings. The highest BCUT2D eigenvalue weighted by molar-refractivity contribution is 6.32. The van der Waals surface area contributed by atoms with E-state index in [9.17, 15) is 4.79 Å². The molecule has 1 N–H and O–H groups in total. The first-order valence-electron chi connectivity index (χ1n) is 6.37. The zero-order chi connectivity index (χ0) is 14.1. The molecule has 1 rings (SSSR count). The molecule has 4 nitrogen and oxygen atoms in total. The first-order chi connectivity index (χ1) is 9.15. The van der Waals surface area contributed by atoms with Crippen molar-refractivity contribution in [2.45, 2.75) is 19.3 Å². The molecule has 1 aromatic carbocycles. The number of amides is 1. The van der Waals surface area contributed by atoms with Crippen molar-refractivity contribution < 1.29 is 14.6 Å². The molecule has 0 saturated heterocycles. The number of halogens is 1. The van der Waals surface area contributed by atoms with E-state index in [0.29, 0.717) is 17.3 Å². The highest BCUT2D eigenvalue weighted by Gasteiger charge is 2.10. The van der Waals surface area contributed by atoms with Crippen LogP contribution in [0.3, 0.4) is 0 Å². The van der Waals surface area contributed by atoms with Crippen LogP contribution in [0, 0.1) is 0 Å². The normalized spacial score (nSPS) is 10.3. The summed E-state index contributed by atoms with van der Waals surface area (Å²) in [5.74, 6) is 0.440. The monoisotopic (exact) mass is 285 g/mol. The van der Waals surface area contributed by atoms with Crippen LogP contribution in [-0.4, -0.2) is 42.7 Å². The van der Waals surface area contributed by atoms with Gasteiger partial charge in [0.15, 0.2) is 6.61 Å². The van der Waals surface area contributed by atoms with Crippen molar-refractivity contribution in [3.63, 3.8) is 0 Å². The Labute approximate surface area is 118 Å². The van der Waals surface area contributed by atoms with Crippen molar-refractivity contribution in [2.24, 2.45) is 0 Å². The van der Waals surface area contributed by atoms with Gasteiger partial charge in [-0.2, -0.15) is 0 Å². The molecule has 0 heterocycles. The molecule has 106 valence electrons. The van der Waals surface area contributed by atoms with Gasteiger partial charge in [0.2, 0.25) is 0 Å². The minimum Gasteiger partial charge on any atom is -0.482 e. The zero-order valence-corrected chi connectivity index (χ0v) is 11.9. The third kappa shape index (κ3) is 5.94. The number of carbonyl (C=O) groups excluding carboxylic acids is 1. The van der Waals surface area contributed by atoms with Crippen molar-refractivity contribution in [1.29, 1.82) is 0 Å². The summed E-state index contributed by atoms with van der Waals surface area (Å²) < 4.78 is 5.38. The molecule has 0 saturated carbocycles. The van der Waals surface area contributed by atoms with E-state index in [0.717, 1.165) is 19.3 Å². The summed E-state index contributed by atoms with van der Waals surface area (Å²) in [6, 6.07) is 7.07. The van der Waals surface area contributed by atoms with Crippen LogP contribution in [-0.2, 0) is 4.79 Å². The number of benzene rings is 1. The quantitative estimate of drug-likeness (QED) is 0.746. The number of aliphatic hydroxyl groups excluding tert-OH is 1. The number of likely N-dealkylation sites (N-methyl/N-ethyl adjacent to an activating group) is 1. The van der Waals surface area contributed by atoms with E-state index in [1.54, 1.807) is 24.1 Å². The standard InChI is InChI=1S/C14H20ClNO3/c1-16(9-5-2-6-10-17)14(18)11-19-13-8-4-3-7-12(13)15/h3-4,7-8,17H,2,5-6,9-11H2,1H3. The first kappa shape index (κ1) is 15.8. The second-order valence-electron chi connectivity index (χ2n) is 4.32. The Morgan fingerprint density at radius 3 is 2.74 bits per heavy atom. The minimum atomic E-state index is -0.0797. The Balaban J connectivity index is 2.28. The SMILES string of the molecule is CN(CCCCCO)C(=O)COc1ccccc1Cl. The summed E-state index contributed by atoms with van der Waals surface area (Å²) in [6.45, 7) is 0.859. The summed E-state index contributed by atoms with van der Waals surface area (Å²) in [6.07, 6.45) is 2.58. The van der Waals surface area contributed by atoms with Gasteiger partial charge in [-0.05, 0) is 31.4 Å². The van der Waals surface area contributed by atoms with Crippen LogP contribution in [0.5, 0.6) is 5.75 Å². The van der Waals surface area contributed by atoms with Crippen LogP contribution in [0.2, 0.25) is 5.02 Å². The Bertz CT molecular complexity index is 398. The number of hydrogen-bond donors (Lipinski definition) is 1. The second-order valence-corrected chi connectivity index (χ2v) is 4.73. The Hall–Kier alpha value is -1.26. The minimum absolute atomic E-state index is 0.0137. The predicted octanol–water partition coefficient (Wildman–Crippen LogP) is 2.34. The molecule has 5 heteroatoms. The fraction of sp³-hybridized carbons (Fsp3) is 0.500. The molecule has 0 aliphatic heterocycles. The lowest BCUT2D eigenvalue weighted by Gasteiger charge is -2.17. The summed E-state index contributed by atoms with van der Waals surface area (Å²) in [5.41, 5.74) is 0. The molecule has 0 bridgehead atoms. The number of ether oxygens (including phenoxy) is 1. The number of nitrogens with zero attached hydrogens (tertiary/aromatic N) is 1. The molecule has 0 unspecified atom stereocenters. The third-order valence-corrected chi connectivity index (χ3v) is 3.08. The Morgan fingerprint density at radius 1 is 1.32 bits per heavy atom. The number of carbonyl (C=O) groups is 1. The largest absolute Gasteiger partial charge is 0.482 e. The number of hydrogen-bond acceptors (Lipinski definition) is 3. The molecule has 0 aromatic heterocycles. The van der Waals surface area contributed by atoms with Gasteiger partial charge in [0, 0.05) is 20.2 Å². The topological polar surface area (TPSA) is 49.8 Å². The summed E-state index contributed by atoms with van der Waals surface area (Å²) in [7, 11) is 1.75. The number of para-hydroxylation sites is 1. The fourth-order valence-electron chi connectivity index (χ4n) is 1.57.